The Morgan fingerprint density at radius 3 is 2.28 bits per heavy atom. The van der Waals surface area contributed by atoms with Crippen molar-refractivity contribution in [2.24, 2.45) is 0 Å². The van der Waals surface area contributed by atoms with Crippen LogP contribution in [0.15, 0.2) is 40.9 Å². The maximum Gasteiger partial charge on any atom is 0.193 e. The molecule has 0 N–H and O–H groups in total. The summed E-state index contributed by atoms with van der Waals surface area (Å²) in [7, 11) is 0. The number of carbonyl (C=O) groups is 1. The molecule has 0 bridgehead atoms. The van der Waals surface area contributed by atoms with Crippen LogP contribution in [0.4, 0.5) is 0 Å². The van der Waals surface area contributed by atoms with Gasteiger partial charge in [0.25, 0.3) is 0 Å². The van der Waals surface area contributed by atoms with Gasteiger partial charge < -0.3 is 0 Å². The van der Waals surface area contributed by atoms with Gasteiger partial charge in [-0.25, -0.2) is 0 Å². The van der Waals surface area contributed by atoms with Crippen molar-refractivity contribution in [3.05, 3.63) is 68.7 Å². The molecule has 0 aromatic heterocycles. The molecule has 2 aromatic carbocycles. The number of hydrogen-bond donors (Lipinski definition) is 0. The number of benzene rings is 2. The van der Waals surface area contributed by atoms with Crippen molar-refractivity contribution in [2.45, 2.75) is 20.8 Å². The molecule has 0 aliphatic rings. The van der Waals surface area contributed by atoms with Gasteiger partial charge in [-0.05, 0) is 50.1 Å². The summed E-state index contributed by atoms with van der Waals surface area (Å²) in [4.78, 5) is 12.5. The van der Waals surface area contributed by atoms with Gasteiger partial charge in [0.1, 0.15) is 0 Å². The zero-order valence-corrected chi connectivity index (χ0v) is 12.3. The number of carbonyl (C=O) groups excluding carboxylic acids is 1. The third kappa shape index (κ3) is 2.70. The summed E-state index contributed by atoms with van der Waals surface area (Å²) in [6, 6.07) is 11.7. The fraction of sp³-hybridized carbons (Fsp3) is 0.188. The Kier molecular flexibility index (Phi) is 3.67. The minimum atomic E-state index is 0.0805. The average Bonchev–Trinajstić information content (AvgIpc) is 2.26. The summed E-state index contributed by atoms with van der Waals surface area (Å²) in [5, 5.41) is 0. The second-order valence-electron chi connectivity index (χ2n) is 4.66. The van der Waals surface area contributed by atoms with Gasteiger partial charge in [0.15, 0.2) is 5.78 Å². The van der Waals surface area contributed by atoms with Crippen LogP contribution in [0.5, 0.6) is 0 Å². The van der Waals surface area contributed by atoms with Crippen LogP contribution in [0, 0.1) is 20.8 Å². The maximum absolute atomic E-state index is 12.5. The number of hydrogen-bond acceptors (Lipinski definition) is 1. The van der Waals surface area contributed by atoms with E-state index in [4.69, 9.17) is 0 Å². The van der Waals surface area contributed by atoms with Gasteiger partial charge in [-0.15, -0.1) is 0 Å². The lowest BCUT2D eigenvalue weighted by Gasteiger charge is -2.07. The molecule has 2 rings (SSSR count). The minimum Gasteiger partial charge on any atom is -0.289 e. The lowest BCUT2D eigenvalue weighted by molar-refractivity contribution is 0.103. The van der Waals surface area contributed by atoms with Gasteiger partial charge in [-0.2, -0.15) is 0 Å². The van der Waals surface area contributed by atoms with E-state index in [1.165, 1.54) is 5.56 Å². The highest BCUT2D eigenvalue weighted by atomic mass is 79.9. The van der Waals surface area contributed by atoms with Gasteiger partial charge in [-0.3, -0.25) is 4.79 Å². The minimum absolute atomic E-state index is 0.0805. The molecule has 0 atom stereocenters. The molecule has 2 heteroatoms. The molecule has 2 aromatic rings. The molecule has 0 amide bonds. The van der Waals surface area contributed by atoms with Crippen LogP contribution in [0.2, 0.25) is 0 Å². The second kappa shape index (κ2) is 5.07. The zero-order chi connectivity index (χ0) is 13.3. The van der Waals surface area contributed by atoms with E-state index in [-0.39, 0.29) is 5.78 Å². The molecule has 92 valence electrons. The summed E-state index contributed by atoms with van der Waals surface area (Å²) in [6.07, 6.45) is 0. The van der Waals surface area contributed by atoms with E-state index in [0.29, 0.717) is 0 Å². The number of halogens is 1. The molecular weight excluding hydrogens is 288 g/mol. The van der Waals surface area contributed by atoms with Crippen molar-refractivity contribution < 1.29 is 4.79 Å². The molecule has 0 saturated carbocycles. The highest BCUT2D eigenvalue weighted by Crippen LogP contribution is 2.20. The predicted molar refractivity (Wildman–Crippen MR) is 78.2 cm³/mol. The standard InChI is InChI=1S/C16H15BrO/c1-10-4-5-15(12(3)6-10)16(18)13-7-11(2)8-14(17)9-13/h4-9H,1-3H3. The van der Waals surface area contributed by atoms with Crippen LogP contribution in [-0.4, -0.2) is 5.78 Å². The first kappa shape index (κ1) is 13.0. The summed E-state index contributed by atoms with van der Waals surface area (Å²) >= 11 is 3.43. The van der Waals surface area contributed by atoms with Crippen LogP contribution in [-0.2, 0) is 0 Å². The molecule has 0 unspecified atom stereocenters. The van der Waals surface area contributed by atoms with E-state index in [1.807, 2.05) is 57.2 Å². The van der Waals surface area contributed by atoms with Gasteiger partial charge >= 0.3 is 0 Å². The first-order valence-corrected chi connectivity index (χ1v) is 6.66. The number of aryl methyl sites for hydroxylation is 3. The van der Waals surface area contributed by atoms with Gasteiger partial charge in [-0.1, -0.05) is 39.7 Å². The molecule has 1 nitrogen and oxygen atoms in total. The lowest BCUT2D eigenvalue weighted by atomic mass is 9.97. The Morgan fingerprint density at radius 2 is 1.67 bits per heavy atom. The van der Waals surface area contributed by atoms with Crippen LogP contribution in [0.3, 0.4) is 0 Å². The second-order valence-corrected chi connectivity index (χ2v) is 5.58. The maximum atomic E-state index is 12.5. The first-order chi connectivity index (χ1) is 8.47. The predicted octanol–water partition coefficient (Wildman–Crippen LogP) is 4.61. The number of ketones is 1. The number of rotatable bonds is 2. The van der Waals surface area contributed by atoms with E-state index in [0.717, 1.165) is 26.7 Å². The van der Waals surface area contributed by atoms with E-state index in [9.17, 15) is 4.79 Å². The molecule has 0 aliphatic carbocycles. The Hall–Kier alpha value is -1.41. The zero-order valence-electron chi connectivity index (χ0n) is 10.8. The lowest BCUT2D eigenvalue weighted by Crippen LogP contribution is -2.04. The van der Waals surface area contributed by atoms with Crippen molar-refractivity contribution in [3.8, 4) is 0 Å². The third-order valence-corrected chi connectivity index (χ3v) is 3.39. The van der Waals surface area contributed by atoms with E-state index in [1.54, 1.807) is 0 Å². The van der Waals surface area contributed by atoms with Crippen molar-refractivity contribution in [1.82, 2.24) is 0 Å². The van der Waals surface area contributed by atoms with Crippen molar-refractivity contribution in [2.75, 3.05) is 0 Å². The van der Waals surface area contributed by atoms with Gasteiger partial charge in [0.05, 0.1) is 0 Å². The van der Waals surface area contributed by atoms with E-state index in [2.05, 4.69) is 15.9 Å². The van der Waals surface area contributed by atoms with Crippen molar-refractivity contribution in [3.63, 3.8) is 0 Å². The summed E-state index contributed by atoms with van der Waals surface area (Å²) in [6.45, 7) is 6.00. The molecule has 0 spiro atoms. The molecule has 0 aliphatic heterocycles. The SMILES string of the molecule is Cc1cc(Br)cc(C(=O)c2ccc(C)cc2C)c1. The van der Waals surface area contributed by atoms with Gasteiger partial charge in [0.2, 0.25) is 0 Å². The van der Waals surface area contributed by atoms with Crippen LogP contribution in [0.1, 0.15) is 32.6 Å². The average molecular weight is 303 g/mol. The summed E-state index contributed by atoms with van der Waals surface area (Å²) in [5.74, 6) is 0.0805. The van der Waals surface area contributed by atoms with Crippen LogP contribution >= 0.6 is 15.9 Å². The summed E-state index contributed by atoms with van der Waals surface area (Å²) < 4.78 is 0.940. The van der Waals surface area contributed by atoms with E-state index < -0.39 is 0 Å². The smallest absolute Gasteiger partial charge is 0.193 e. The van der Waals surface area contributed by atoms with Crippen molar-refractivity contribution in [1.29, 1.82) is 0 Å². The largest absolute Gasteiger partial charge is 0.289 e. The van der Waals surface area contributed by atoms with E-state index >= 15 is 0 Å². The quantitative estimate of drug-likeness (QED) is 0.741. The first-order valence-electron chi connectivity index (χ1n) is 5.86. The Morgan fingerprint density at radius 1 is 0.944 bits per heavy atom. The normalized spacial score (nSPS) is 10.4. The van der Waals surface area contributed by atoms with Crippen LogP contribution in [0.25, 0.3) is 0 Å². The Bertz CT molecular complexity index is 594. The third-order valence-electron chi connectivity index (χ3n) is 2.93. The van der Waals surface area contributed by atoms with Crippen LogP contribution < -0.4 is 0 Å². The molecule has 18 heavy (non-hydrogen) atoms. The topological polar surface area (TPSA) is 17.1 Å². The van der Waals surface area contributed by atoms with Crippen molar-refractivity contribution >= 4 is 21.7 Å². The van der Waals surface area contributed by atoms with Gasteiger partial charge in [0, 0.05) is 15.6 Å². The molecular formula is C16H15BrO. The Labute approximate surface area is 116 Å². The molecule has 0 saturated heterocycles. The Balaban J connectivity index is 2.47. The molecule has 0 fully saturated rings. The monoisotopic (exact) mass is 302 g/mol. The summed E-state index contributed by atoms with van der Waals surface area (Å²) in [5.41, 5.74) is 4.79. The molecule has 0 heterocycles. The highest BCUT2D eigenvalue weighted by Gasteiger charge is 2.12. The fourth-order valence-corrected chi connectivity index (χ4v) is 2.70. The molecule has 0 radical (unpaired) electrons. The fourth-order valence-electron chi connectivity index (χ4n) is 2.09. The highest BCUT2D eigenvalue weighted by molar-refractivity contribution is 9.10.